The quantitative estimate of drug-likeness (QED) is 0.305. The van der Waals surface area contributed by atoms with Crippen molar-refractivity contribution in [2.45, 2.75) is 18.1 Å². The number of nitrogens with one attached hydrogen (secondary N) is 2. The van der Waals surface area contributed by atoms with Gasteiger partial charge in [-0.25, -0.2) is 15.8 Å². The molecule has 2 heterocycles. The number of hydrogen-bond acceptors (Lipinski definition) is 8. The van der Waals surface area contributed by atoms with E-state index in [9.17, 15) is 0 Å². The van der Waals surface area contributed by atoms with Crippen LogP contribution >= 0.6 is 11.8 Å². The highest BCUT2D eigenvalue weighted by Crippen LogP contribution is 2.17. The number of morpholine rings is 1. The highest BCUT2D eigenvalue weighted by molar-refractivity contribution is 7.98. The Labute approximate surface area is 123 Å². The molecule has 0 aliphatic carbocycles. The first-order chi connectivity index (χ1) is 9.71. The van der Waals surface area contributed by atoms with Gasteiger partial charge < -0.3 is 15.5 Å². The molecule has 8 heteroatoms. The lowest BCUT2D eigenvalue weighted by atomic mass is 10.3. The number of nitrogen functional groups attached to an aromatic ring is 1. The van der Waals surface area contributed by atoms with Gasteiger partial charge in [0.25, 0.3) is 0 Å². The minimum Gasteiger partial charge on any atom is -0.379 e. The zero-order chi connectivity index (χ0) is 14.4. The lowest BCUT2D eigenvalue weighted by Crippen LogP contribution is -2.42. The Balaban J connectivity index is 1.93. The van der Waals surface area contributed by atoms with E-state index < -0.39 is 0 Å². The number of ether oxygens (including phenoxy) is 1. The predicted molar refractivity (Wildman–Crippen MR) is 82.0 cm³/mol. The fourth-order valence-electron chi connectivity index (χ4n) is 2.13. The number of hydrazine groups is 1. The summed E-state index contributed by atoms with van der Waals surface area (Å²) in [7, 11) is 0. The van der Waals surface area contributed by atoms with E-state index in [0.29, 0.717) is 17.0 Å². The molecule has 0 aromatic carbocycles. The maximum absolute atomic E-state index is 5.42. The first-order valence-corrected chi connectivity index (χ1v) is 7.90. The van der Waals surface area contributed by atoms with Crippen molar-refractivity contribution >= 4 is 23.4 Å². The van der Waals surface area contributed by atoms with E-state index in [4.69, 9.17) is 10.6 Å². The molecule has 0 saturated carbocycles. The Morgan fingerprint density at radius 3 is 2.75 bits per heavy atom. The molecular weight excluding hydrogens is 276 g/mol. The summed E-state index contributed by atoms with van der Waals surface area (Å²) < 4.78 is 5.35. The summed E-state index contributed by atoms with van der Waals surface area (Å²) in [6.45, 7) is 6.72. The summed E-state index contributed by atoms with van der Waals surface area (Å²) in [5.74, 6) is 6.83. The molecule has 0 spiro atoms. The average Bonchev–Trinajstić information content (AvgIpc) is 2.47. The zero-order valence-electron chi connectivity index (χ0n) is 11.9. The van der Waals surface area contributed by atoms with Gasteiger partial charge in [-0.15, -0.1) is 0 Å². The van der Waals surface area contributed by atoms with Crippen LogP contribution < -0.4 is 16.6 Å². The van der Waals surface area contributed by atoms with Crippen LogP contribution in [0.25, 0.3) is 0 Å². The van der Waals surface area contributed by atoms with Crippen molar-refractivity contribution in [2.75, 3.05) is 49.8 Å². The van der Waals surface area contributed by atoms with Crippen LogP contribution in [0.5, 0.6) is 0 Å². The Hall–Kier alpha value is -1.09. The van der Waals surface area contributed by atoms with E-state index in [1.54, 1.807) is 0 Å². The highest BCUT2D eigenvalue weighted by atomic mass is 32.2. The number of nitrogens with zero attached hydrogens (tertiary/aromatic N) is 3. The summed E-state index contributed by atoms with van der Waals surface area (Å²) >= 11 is 1.49. The second-order valence-electron chi connectivity index (χ2n) is 4.73. The number of aromatic nitrogens is 2. The first kappa shape index (κ1) is 15.3. The van der Waals surface area contributed by atoms with Crippen LogP contribution in [0.1, 0.15) is 6.92 Å². The van der Waals surface area contributed by atoms with Gasteiger partial charge in [0.2, 0.25) is 0 Å². The van der Waals surface area contributed by atoms with Crippen molar-refractivity contribution in [1.29, 1.82) is 0 Å². The minimum absolute atomic E-state index is 0.295. The number of rotatable bonds is 6. The molecule has 0 bridgehead atoms. The number of nitrogens with two attached hydrogens (primary N) is 1. The Morgan fingerprint density at radius 2 is 2.10 bits per heavy atom. The van der Waals surface area contributed by atoms with Crippen LogP contribution in [-0.2, 0) is 4.74 Å². The fraction of sp³-hybridized carbons (Fsp3) is 0.667. The first-order valence-electron chi connectivity index (χ1n) is 6.67. The van der Waals surface area contributed by atoms with Crippen LogP contribution in [0.3, 0.4) is 0 Å². The Bertz CT molecular complexity index is 404. The smallest absolute Gasteiger partial charge is 0.191 e. The van der Waals surface area contributed by atoms with E-state index in [1.165, 1.54) is 11.8 Å². The normalized spacial score (nSPS) is 17.8. The maximum atomic E-state index is 5.42. The third kappa shape index (κ3) is 4.48. The van der Waals surface area contributed by atoms with E-state index in [0.717, 1.165) is 38.7 Å². The van der Waals surface area contributed by atoms with Gasteiger partial charge >= 0.3 is 0 Å². The van der Waals surface area contributed by atoms with E-state index in [1.807, 2.05) is 12.3 Å². The largest absolute Gasteiger partial charge is 0.379 e. The Kier molecular flexibility index (Phi) is 5.84. The third-order valence-electron chi connectivity index (χ3n) is 3.07. The molecule has 1 aliphatic heterocycles. The Morgan fingerprint density at radius 1 is 1.40 bits per heavy atom. The minimum atomic E-state index is 0.295. The summed E-state index contributed by atoms with van der Waals surface area (Å²) in [5, 5.41) is 4.09. The van der Waals surface area contributed by atoms with Gasteiger partial charge in [0.05, 0.1) is 13.2 Å². The molecule has 1 unspecified atom stereocenters. The average molecular weight is 298 g/mol. The summed E-state index contributed by atoms with van der Waals surface area (Å²) in [6, 6.07) is 2.11. The monoisotopic (exact) mass is 298 g/mol. The molecule has 0 radical (unpaired) electrons. The van der Waals surface area contributed by atoms with Crippen LogP contribution in [0.4, 0.5) is 11.6 Å². The van der Waals surface area contributed by atoms with Gasteiger partial charge in [-0.1, -0.05) is 11.8 Å². The van der Waals surface area contributed by atoms with Crippen molar-refractivity contribution in [3.8, 4) is 0 Å². The van der Waals surface area contributed by atoms with Crippen molar-refractivity contribution in [1.82, 2.24) is 14.9 Å². The van der Waals surface area contributed by atoms with Crippen LogP contribution in [0.15, 0.2) is 11.2 Å². The van der Waals surface area contributed by atoms with Gasteiger partial charge in [0.15, 0.2) is 5.16 Å². The van der Waals surface area contributed by atoms with Crippen molar-refractivity contribution in [2.24, 2.45) is 5.84 Å². The number of thioether (sulfide) groups is 1. The van der Waals surface area contributed by atoms with Crippen molar-refractivity contribution < 1.29 is 4.74 Å². The molecule has 0 amide bonds. The topological polar surface area (TPSA) is 88.3 Å². The van der Waals surface area contributed by atoms with E-state index in [-0.39, 0.29) is 0 Å². The molecule has 1 aliphatic rings. The second-order valence-corrected chi connectivity index (χ2v) is 5.50. The van der Waals surface area contributed by atoms with Gasteiger partial charge in [-0.3, -0.25) is 4.90 Å². The van der Waals surface area contributed by atoms with Crippen molar-refractivity contribution in [3.63, 3.8) is 0 Å². The van der Waals surface area contributed by atoms with Gasteiger partial charge in [0, 0.05) is 31.7 Å². The molecule has 112 valence electrons. The molecule has 20 heavy (non-hydrogen) atoms. The van der Waals surface area contributed by atoms with E-state index >= 15 is 0 Å². The lowest BCUT2D eigenvalue weighted by Gasteiger charge is -2.29. The molecule has 1 fully saturated rings. The highest BCUT2D eigenvalue weighted by Gasteiger charge is 2.14. The van der Waals surface area contributed by atoms with Crippen LogP contribution in [0.2, 0.25) is 0 Å². The molecule has 1 aromatic heterocycles. The third-order valence-corrected chi connectivity index (χ3v) is 3.61. The predicted octanol–water partition coefficient (Wildman–Crippen LogP) is 0.617. The maximum Gasteiger partial charge on any atom is 0.191 e. The molecule has 1 atom stereocenters. The fourth-order valence-corrected chi connectivity index (χ4v) is 2.51. The molecule has 2 rings (SSSR count). The molecule has 4 N–H and O–H groups in total. The molecule has 1 saturated heterocycles. The van der Waals surface area contributed by atoms with Gasteiger partial charge in [0.1, 0.15) is 11.6 Å². The number of hydrogen-bond donors (Lipinski definition) is 3. The standard InChI is InChI=1S/C12H22N6OS/c1-9(8-18-3-5-19-6-4-18)14-10-7-11(17-13)16-12(15-10)20-2/h7,9H,3-6,8,13H2,1-2H3,(H2,14,15,16,17). The van der Waals surface area contributed by atoms with Crippen molar-refractivity contribution in [3.05, 3.63) is 6.07 Å². The molecule has 1 aromatic rings. The molecular formula is C12H22N6OS. The molecule has 7 nitrogen and oxygen atoms in total. The SMILES string of the molecule is CSc1nc(NN)cc(NC(C)CN2CCOCC2)n1. The van der Waals surface area contributed by atoms with Crippen LogP contribution in [-0.4, -0.2) is 60.0 Å². The summed E-state index contributed by atoms with van der Waals surface area (Å²) in [6.07, 6.45) is 1.94. The van der Waals surface area contributed by atoms with Gasteiger partial charge in [-0.2, -0.15) is 0 Å². The summed E-state index contributed by atoms with van der Waals surface area (Å²) in [5.41, 5.74) is 2.57. The zero-order valence-corrected chi connectivity index (χ0v) is 12.7. The lowest BCUT2D eigenvalue weighted by molar-refractivity contribution is 0.0368. The van der Waals surface area contributed by atoms with Gasteiger partial charge in [-0.05, 0) is 13.2 Å². The number of anilines is 2. The summed E-state index contributed by atoms with van der Waals surface area (Å²) in [4.78, 5) is 11.1. The second kappa shape index (κ2) is 7.63. The van der Waals surface area contributed by atoms with Crippen LogP contribution in [0, 0.1) is 0 Å². The van der Waals surface area contributed by atoms with E-state index in [2.05, 4.69) is 32.5 Å².